The van der Waals surface area contributed by atoms with Crippen molar-refractivity contribution >= 4 is 23.2 Å². The monoisotopic (exact) mass is 304 g/mol. The number of carbonyl (C=O) groups is 1. The van der Waals surface area contributed by atoms with Crippen LogP contribution < -0.4 is 15.8 Å². The minimum atomic E-state index is -0.233. The molecule has 0 radical (unpaired) electrons. The highest BCUT2D eigenvalue weighted by Gasteiger charge is 2.14. The zero-order chi connectivity index (χ0) is 15.4. The third kappa shape index (κ3) is 3.67. The summed E-state index contributed by atoms with van der Waals surface area (Å²) in [6, 6.07) is 12.2. The summed E-state index contributed by atoms with van der Waals surface area (Å²) in [7, 11) is 1.61. The third-order valence-corrected chi connectivity index (χ3v) is 3.51. The lowest BCUT2D eigenvalue weighted by atomic mass is 10.1. The fourth-order valence-corrected chi connectivity index (χ4v) is 2.24. The van der Waals surface area contributed by atoms with Crippen LogP contribution in [0.5, 0.6) is 5.75 Å². The predicted octanol–water partition coefficient (Wildman–Crippen LogP) is 3.42. The van der Waals surface area contributed by atoms with Gasteiger partial charge >= 0.3 is 0 Å². The number of amides is 1. The first kappa shape index (κ1) is 15.2. The highest BCUT2D eigenvalue weighted by Crippen LogP contribution is 2.21. The van der Waals surface area contributed by atoms with Gasteiger partial charge in [0.15, 0.2) is 0 Å². The first-order chi connectivity index (χ1) is 10.0. The summed E-state index contributed by atoms with van der Waals surface area (Å²) < 4.78 is 5.11. The third-order valence-electron chi connectivity index (χ3n) is 3.20. The molecule has 0 aliphatic rings. The maximum Gasteiger partial charge on any atom is 0.253 e. The molecule has 2 rings (SSSR count). The highest BCUT2D eigenvalue weighted by atomic mass is 35.5. The van der Waals surface area contributed by atoms with E-state index in [1.165, 1.54) is 0 Å². The smallest absolute Gasteiger partial charge is 0.253 e. The molecular weight excluding hydrogens is 288 g/mol. The van der Waals surface area contributed by atoms with Crippen LogP contribution in [0.3, 0.4) is 0 Å². The van der Waals surface area contributed by atoms with Crippen LogP contribution >= 0.6 is 11.6 Å². The van der Waals surface area contributed by atoms with Crippen molar-refractivity contribution in [3.63, 3.8) is 0 Å². The number of benzene rings is 2. The van der Waals surface area contributed by atoms with Crippen LogP contribution in [0.2, 0.25) is 5.02 Å². The largest absolute Gasteiger partial charge is 0.497 e. The molecule has 21 heavy (non-hydrogen) atoms. The molecule has 4 nitrogen and oxygen atoms in total. The van der Waals surface area contributed by atoms with Gasteiger partial charge in [0.05, 0.1) is 23.7 Å². The van der Waals surface area contributed by atoms with Crippen molar-refractivity contribution in [2.24, 2.45) is 0 Å². The molecule has 2 aromatic carbocycles. The predicted molar refractivity (Wildman–Crippen MR) is 84.7 cm³/mol. The Kier molecular flexibility index (Phi) is 4.70. The Morgan fingerprint density at radius 2 is 1.90 bits per heavy atom. The van der Waals surface area contributed by atoms with Gasteiger partial charge < -0.3 is 15.8 Å². The molecular formula is C16H17ClN2O2. The fourth-order valence-electron chi connectivity index (χ4n) is 1.97. The summed E-state index contributed by atoms with van der Waals surface area (Å²) >= 11 is 6.04. The number of hydrogen-bond acceptors (Lipinski definition) is 3. The normalized spacial score (nSPS) is 11.8. The Morgan fingerprint density at radius 3 is 2.48 bits per heavy atom. The quantitative estimate of drug-likeness (QED) is 0.851. The molecule has 3 N–H and O–H groups in total. The van der Waals surface area contributed by atoms with Crippen LogP contribution in [0.15, 0.2) is 42.5 Å². The number of nitrogens with one attached hydrogen (secondary N) is 1. The molecule has 1 amide bonds. The minimum Gasteiger partial charge on any atom is -0.497 e. The molecule has 0 aliphatic carbocycles. The van der Waals surface area contributed by atoms with Gasteiger partial charge in [0.25, 0.3) is 5.91 Å². The van der Waals surface area contributed by atoms with Crippen LogP contribution in [-0.2, 0) is 0 Å². The van der Waals surface area contributed by atoms with Crippen LogP contribution in [0.25, 0.3) is 0 Å². The van der Waals surface area contributed by atoms with E-state index in [0.717, 1.165) is 11.3 Å². The molecule has 0 saturated carbocycles. The lowest BCUT2D eigenvalue weighted by molar-refractivity contribution is 0.0940. The first-order valence-corrected chi connectivity index (χ1v) is 6.89. The van der Waals surface area contributed by atoms with E-state index in [0.29, 0.717) is 16.3 Å². The van der Waals surface area contributed by atoms with E-state index in [1.807, 2.05) is 31.2 Å². The number of halogens is 1. The molecule has 0 saturated heterocycles. The number of methoxy groups -OCH3 is 1. The Balaban J connectivity index is 2.10. The van der Waals surface area contributed by atoms with E-state index in [4.69, 9.17) is 22.1 Å². The summed E-state index contributed by atoms with van der Waals surface area (Å²) in [6.07, 6.45) is 0. The van der Waals surface area contributed by atoms with E-state index >= 15 is 0 Å². The van der Waals surface area contributed by atoms with E-state index in [9.17, 15) is 4.79 Å². The van der Waals surface area contributed by atoms with Crippen molar-refractivity contribution in [2.45, 2.75) is 13.0 Å². The summed E-state index contributed by atoms with van der Waals surface area (Å²) in [5, 5.41) is 3.25. The van der Waals surface area contributed by atoms with E-state index in [-0.39, 0.29) is 11.9 Å². The average molecular weight is 305 g/mol. The molecule has 0 bridgehead atoms. The Labute approximate surface area is 128 Å². The molecule has 1 atom stereocenters. The maximum absolute atomic E-state index is 12.2. The average Bonchev–Trinajstić information content (AvgIpc) is 2.47. The van der Waals surface area contributed by atoms with Crippen molar-refractivity contribution in [1.82, 2.24) is 5.32 Å². The standard InChI is InChI=1S/C16H17ClN2O2/c1-10(11-3-6-13(21-2)7-4-11)19-16(20)14-8-5-12(18)9-15(14)17/h3-10H,18H2,1-2H3,(H,19,20). The molecule has 0 heterocycles. The van der Waals surface area contributed by atoms with Crippen LogP contribution in [0, 0.1) is 0 Å². The van der Waals surface area contributed by atoms with E-state index in [1.54, 1.807) is 25.3 Å². The maximum atomic E-state index is 12.2. The van der Waals surface area contributed by atoms with Gasteiger partial charge in [-0.15, -0.1) is 0 Å². The Bertz CT molecular complexity index is 641. The zero-order valence-electron chi connectivity index (χ0n) is 11.9. The Morgan fingerprint density at radius 1 is 1.24 bits per heavy atom. The number of hydrogen-bond donors (Lipinski definition) is 2. The lowest BCUT2D eigenvalue weighted by Crippen LogP contribution is -2.26. The van der Waals surface area contributed by atoms with Crippen LogP contribution in [0.4, 0.5) is 5.69 Å². The van der Waals surface area contributed by atoms with Gasteiger partial charge in [-0.25, -0.2) is 0 Å². The fraction of sp³-hybridized carbons (Fsp3) is 0.188. The summed E-state index contributed by atoms with van der Waals surface area (Å²) in [6.45, 7) is 1.91. The van der Waals surface area contributed by atoms with Gasteiger partial charge in [-0.1, -0.05) is 23.7 Å². The summed E-state index contributed by atoms with van der Waals surface area (Å²) in [5.41, 5.74) is 7.54. The van der Waals surface area contributed by atoms with Gasteiger partial charge in [-0.3, -0.25) is 4.79 Å². The van der Waals surface area contributed by atoms with Crippen LogP contribution in [-0.4, -0.2) is 13.0 Å². The number of nitrogens with two attached hydrogens (primary N) is 1. The number of carbonyl (C=O) groups excluding carboxylic acids is 1. The van der Waals surface area contributed by atoms with Crippen LogP contribution in [0.1, 0.15) is 28.9 Å². The molecule has 0 spiro atoms. The van der Waals surface area contributed by atoms with Gasteiger partial charge in [0, 0.05) is 5.69 Å². The molecule has 2 aromatic rings. The van der Waals surface area contributed by atoms with Crippen molar-refractivity contribution < 1.29 is 9.53 Å². The molecule has 0 aliphatic heterocycles. The second-order valence-corrected chi connectivity index (χ2v) is 5.11. The number of anilines is 1. The molecule has 5 heteroatoms. The lowest BCUT2D eigenvalue weighted by Gasteiger charge is -2.15. The van der Waals surface area contributed by atoms with Gasteiger partial charge in [0.1, 0.15) is 5.75 Å². The van der Waals surface area contributed by atoms with Gasteiger partial charge in [-0.2, -0.15) is 0 Å². The van der Waals surface area contributed by atoms with Crippen molar-refractivity contribution in [2.75, 3.05) is 12.8 Å². The van der Waals surface area contributed by atoms with Crippen molar-refractivity contribution in [3.05, 3.63) is 58.6 Å². The summed E-state index contributed by atoms with van der Waals surface area (Å²) in [4.78, 5) is 12.2. The van der Waals surface area contributed by atoms with E-state index < -0.39 is 0 Å². The van der Waals surface area contributed by atoms with Crippen molar-refractivity contribution in [3.8, 4) is 5.75 Å². The SMILES string of the molecule is COc1ccc(C(C)NC(=O)c2ccc(N)cc2Cl)cc1. The Hall–Kier alpha value is -2.20. The summed E-state index contributed by atoms with van der Waals surface area (Å²) in [5.74, 6) is 0.544. The first-order valence-electron chi connectivity index (χ1n) is 6.51. The van der Waals surface area contributed by atoms with Gasteiger partial charge in [0.2, 0.25) is 0 Å². The molecule has 110 valence electrons. The van der Waals surface area contributed by atoms with Gasteiger partial charge in [-0.05, 0) is 42.8 Å². The highest BCUT2D eigenvalue weighted by molar-refractivity contribution is 6.34. The number of ether oxygens (including phenoxy) is 1. The molecule has 0 fully saturated rings. The minimum absolute atomic E-state index is 0.142. The second kappa shape index (κ2) is 6.50. The molecule has 1 unspecified atom stereocenters. The number of rotatable bonds is 4. The van der Waals surface area contributed by atoms with Crippen molar-refractivity contribution in [1.29, 1.82) is 0 Å². The number of nitrogen functional groups attached to an aromatic ring is 1. The van der Waals surface area contributed by atoms with E-state index in [2.05, 4.69) is 5.32 Å². The topological polar surface area (TPSA) is 64.3 Å². The zero-order valence-corrected chi connectivity index (χ0v) is 12.6. The molecule has 0 aromatic heterocycles. The second-order valence-electron chi connectivity index (χ2n) is 4.71.